The third-order valence-corrected chi connectivity index (χ3v) is 6.71. The number of rotatable bonds is 10. The van der Waals surface area contributed by atoms with Crippen LogP contribution in [0.25, 0.3) is 0 Å². The lowest BCUT2D eigenvalue weighted by Gasteiger charge is -2.23. The highest BCUT2D eigenvalue weighted by Gasteiger charge is 2.35. The van der Waals surface area contributed by atoms with E-state index in [9.17, 15) is 23.2 Å². The van der Waals surface area contributed by atoms with Gasteiger partial charge in [-0.3, -0.25) is 9.59 Å². The van der Waals surface area contributed by atoms with Crippen LogP contribution in [0.1, 0.15) is 58.4 Å². The predicted molar refractivity (Wildman–Crippen MR) is 130 cm³/mol. The first-order valence-corrected chi connectivity index (χ1v) is 12.2. The summed E-state index contributed by atoms with van der Waals surface area (Å²) in [6.45, 7) is -0.361. The third-order valence-electron chi connectivity index (χ3n) is 6.71. The van der Waals surface area contributed by atoms with Gasteiger partial charge in [0.25, 0.3) is 5.91 Å². The number of amides is 2. The number of likely N-dealkylation sites (tertiary alicyclic amines) is 1. The summed E-state index contributed by atoms with van der Waals surface area (Å²) in [6, 6.07) is 10.8. The van der Waals surface area contributed by atoms with E-state index in [2.05, 4.69) is 14.8 Å². The zero-order chi connectivity index (χ0) is 26.5. The molecule has 0 bridgehead atoms. The van der Waals surface area contributed by atoms with Crippen molar-refractivity contribution >= 4 is 17.8 Å². The molecule has 4 rings (SSSR count). The van der Waals surface area contributed by atoms with Gasteiger partial charge < -0.3 is 24.4 Å². The van der Waals surface area contributed by atoms with E-state index in [0.29, 0.717) is 36.6 Å². The second-order valence-electron chi connectivity index (χ2n) is 9.38. The van der Waals surface area contributed by atoms with E-state index in [1.54, 1.807) is 17.0 Å². The average Bonchev–Trinajstić information content (AvgIpc) is 3.62. The van der Waals surface area contributed by atoms with E-state index in [4.69, 9.17) is 4.74 Å². The SMILES string of the molecule is COC(=O)c1ccc(C(=O)NC[C@H]2CC(c3ccc(OC(F)F)c(OCC4CC4)c3)CN2C(C)=O)cc1. The van der Waals surface area contributed by atoms with E-state index in [1.165, 1.54) is 44.4 Å². The number of methoxy groups -OCH3 is 1. The molecule has 1 saturated heterocycles. The maximum absolute atomic E-state index is 12.9. The number of halogens is 2. The minimum atomic E-state index is -2.96. The van der Waals surface area contributed by atoms with Gasteiger partial charge in [-0.25, -0.2) is 4.79 Å². The molecule has 1 unspecified atom stereocenters. The molecule has 2 fully saturated rings. The van der Waals surface area contributed by atoms with E-state index in [1.807, 2.05) is 0 Å². The van der Waals surface area contributed by atoms with Crippen LogP contribution in [0.2, 0.25) is 0 Å². The average molecular weight is 517 g/mol. The lowest BCUT2D eigenvalue weighted by molar-refractivity contribution is -0.129. The Morgan fingerprint density at radius 3 is 2.38 bits per heavy atom. The number of carbonyl (C=O) groups is 3. The zero-order valence-corrected chi connectivity index (χ0v) is 20.7. The highest BCUT2D eigenvalue weighted by molar-refractivity contribution is 5.96. The number of nitrogens with one attached hydrogen (secondary N) is 1. The summed E-state index contributed by atoms with van der Waals surface area (Å²) >= 11 is 0. The third kappa shape index (κ3) is 6.75. The Balaban J connectivity index is 1.42. The van der Waals surface area contributed by atoms with Gasteiger partial charge in [0.05, 0.1) is 19.3 Å². The number of carbonyl (C=O) groups excluding carboxylic acids is 3. The number of esters is 1. The molecule has 0 aromatic heterocycles. The fourth-order valence-electron chi connectivity index (χ4n) is 4.50. The van der Waals surface area contributed by atoms with Crippen molar-refractivity contribution in [2.45, 2.75) is 44.8 Å². The van der Waals surface area contributed by atoms with Crippen molar-refractivity contribution in [3.05, 3.63) is 59.2 Å². The molecule has 2 aromatic carbocycles. The van der Waals surface area contributed by atoms with Gasteiger partial charge in [0.1, 0.15) is 0 Å². The molecule has 1 heterocycles. The van der Waals surface area contributed by atoms with E-state index >= 15 is 0 Å². The van der Waals surface area contributed by atoms with Crippen molar-refractivity contribution in [3.8, 4) is 11.5 Å². The fraction of sp³-hybridized carbons (Fsp3) is 0.444. The Kier molecular flexibility index (Phi) is 8.25. The maximum atomic E-state index is 12.9. The summed E-state index contributed by atoms with van der Waals surface area (Å²) in [5.74, 6) is -0.300. The maximum Gasteiger partial charge on any atom is 0.387 e. The number of hydrogen-bond acceptors (Lipinski definition) is 6. The first kappa shape index (κ1) is 26.4. The van der Waals surface area contributed by atoms with Crippen molar-refractivity contribution in [3.63, 3.8) is 0 Å². The van der Waals surface area contributed by atoms with Crippen LogP contribution in [0.3, 0.4) is 0 Å². The Labute approximate surface area is 213 Å². The number of alkyl halides is 2. The summed E-state index contributed by atoms with van der Waals surface area (Å²) < 4.78 is 40.8. The molecule has 1 saturated carbocycles. The van der Waals surface area contributed by atoms with Crippen LogP contribution >= 0.6 is 0 Å². The zero-order valence-electron chi connectivity index (χ0n) is 20.7. The summed E-state index contributed by atoms with van der Waals surface area (Å²) in [6.07, 6.45) is 2.70. The first-order chi connectivity index (χ1) is 17.7. The van der Waals surface area contributed by atoms with Crippen LogP contribution in [0, 0.1) is 5.92 Å². The van der Waals surface area contributed by atoms with Crippen LogP contribution in [0.4, 0.5) is 8.78 Å². The molecule has 0 spiro atoms. The highest BCUT2D eigenvalue weighted by Crippen LogP contribution is 2.38. The molecule has 2 atom stereocenters. The minimum absolute atomic E-state index is 0.0112. The van der Waals surface area contributed by atoms with E-state index in [0.717, 1.165) is 18.4 Å². The van der Waals surface area contributed by atoms with Crippen LogP contribution in [-0.2, 0) is 9.53 Å². The monoisotopic (exact) mass is 516 g/mol. The molecule has 2 aliphatic rings. The van der Waals surface area contributed by atoms with Crippen molar-refractivity contribution in [2.24, 2.45) is 5.92 Å². The lowest BCUT2D eigenvalue weighted by Crippen LogP contribution is -2.42. The van der Waals surface area contributed by atoms with Gasteiger partial charge >= 0.3 is 12.6 Å². The smallest absolute Gasteiger partial charge is 0.387 e. The molecule has 10 heteroatoms. The van der Waals surface area contributed by atoms with Crippen molar-refractivity contribution in [2.75, 3.05) is 26.8 Å². The lowest BCUT2D eigenvalue weighted by atomic mass is 9.96. The summed E-state index contributed by atoms with van der Waals surface area (Å²) in [5, 5.41) is 2.87. The Bertz CT molecular complexity index is 1140. The van der Waals surface area contributed by atoms with Gasteiger partial charge in [0, 0.05) is 37.5 Å². The largest absolute Gasteiger partial charge is 0.489 e. The quantitative estimate of drug-likeness (QED) is 0.480. The molecule has 1 aliphatic heterocycles. The molecular weight excluding hydrogens is 486 g/mol. The number of ether oxygens (including phenoxy) is 3. The molecule has 0 radical (unpaired) electrons. The van der Waals surface area contributed by atoms with Crippen LogP contribution in [0.15, 0.2) is 42.5 Å². The van der Waals surface area contributed by atoms with Crippen LogP contribution in [-0.4, -0.2) is 62.1 Å². The first-order valence-electron chi connectivity index (χ1n) is 12.2. The fourth-order valence-corrected chi connectivity index (χ4v) is 4.50. The molecule has 1 aliphatic carbocycles. The number of benzene rings is 2. The topological polar surface area (TPSA) is 94.2 Å². The molecule has 2 aromatic rings. The van der Waals surface area contributed by atoms with Gasteiger partial charge in [-0.2, -0.15) is 8.78 Å². The molecule has 1 N–H and O–H groups in total. The summed E-state index contributed by atoms with van der Waals surface area (Å²) in [4.78, 5) is 38.3. The summed E-state index contributed by atoms with van der Waals surface area (Å²) in [5.41, 5.74) is 1.57. The Hall–Kier alpha value is -3.69. The summed E-state index contributed by atoms with van der Waals surface area (Å²) in [7, 11) is 1.28. The standard InChI is InChI=1S/C27H30F2N2O6/c1-16(32)31-14-21(20-9-10-23(37-27(28)29)24(12-20)36-15-17-3-4-17)11-22(31)13-30-25(33)18-5-7-19(8-6-18)26(34)35-2/h5-10,12,17,21-22,27H,3-4,11,13-15H2,1-2H3,(H,30,33)/t21?,22-/m1/s1. The number of nitrogens with zero attached hydrogens (tertiary/aromatic N) is 1. The molecular formula is C27H30F2N2O6. The second kappa shape index (κ2) is 11.6. The predicted octanol–water partition coefficient (Wildman–Crippen LogP) is 4.00. The van der Waals surface area contributed by atoms with E-state index < -0.39 is 12.6 Å². The van der Waals surface area contributed by atoms with Crippen LogP contribution < -0.4 is 14.8 Å². The Morgan fingerprint density at radius 2 is 1.76 bits per heavy atom. The molecule has 198 valence electrons. The van der Waals surface area contributed by atoms with E-state index in [-0.39, 0.29) is 41.8 Å². The molecule has 2 amide bonds. The van der Waals surface area contributed by atoms with Crippen molar-refractivity contribution < 1.29 is 37.4 Å². The van der Waals surface area contributed by atoms with Crippen molar-refractivity contribution in [1.29, 1.82) is 0 Å². The van der Waals surface area contributed by atoms with Crippen molar-refractivity contribution in [1.82, 2.24) is 10.2 Å². The number of hydrogen-bond donors (Lipinski definition) is 1. The van der Waals surface area contributed by atoms with Gasteiger partial charge in [-0.05, 0) is 67.1 Å². The van der Waals surface area contributed by atoms with Gasteiger partial charge in [-0.1, -0.05) is 6.07 Å². The second-order valence-corrected chi connectivity index (χ2v) is 9.38. The highest BCUT2D eigenvalue weighted by atomic mass is 19.3. The van der Waals surface area contributed by atoms with Gasteiger partial charge in [-0.15, -0.1) is 0 Å². The van der Waals surface area contributed by atoms with Gasteiger partial charge in [0.15, 0.2) is 11.5 Å². The van der Waals surface area contributed by atoms with Crippen LogP contribution in [0.5, 0.6) is 11.5 Å². The molecule has 8 nitrogen and oxygen atoms in total. The normalized spacial score (nSPS) is 19.0. The Morgan fingerprint density at radius 1 is 1.05 bits per heavy atom. The minimum Gasteiger partial charge on any atom is -0.489 e. The molecule has 37 heavy (non-hydrogen) atoms. The van der Waals surface area contributed by atoms with Gasteiger partial charge in [0.2, 0.25) is 5.91 Å².